The van der Waals surface area contributed by atoms with Crippen LogP contribution in [0.3, 0.4) is 0 Å². The van der Waals surface area contributed by atoms with Crippen LogP contribution in [-0.2, 0) is 0 Å². The summed E-state index contributed by atoms with van der Waals surface area (Å²) >= 11 is 0. The van der Waals surface area contributed by atoms with Gasteiger partial charge in [0.05, 0.1) is 30.1 Å². The molecule has 3 rings (SSSR count). The minimum absolute atomic E-state index is 0.494. The molecule has 0 fully saturated rings. The van der Waals surface area contributed by atoms with Gasteiger partial charge in [-0.2, -0.15) is 5.10 Å². The maximum Gasteiger partial charge on any atom is 0.153 e. The van der Waals surface area contributed by atoms with Crippen molar-refractivity contribution in [3.05, 3.63) is 47.9 Å². The number of methoxy groups -OCH3 is 1. The first-order chi connectivity index (χ1) is 9.72. The van der Waals surface area contributed by atoms with Crippen molar-refractivity contribution in [2.75, 3.05) is 7.11 Å². The summed E-state index contributed by atoms with van der Waals surface area (Å²) in [4.78, 5) is 15.6. The number of ether oxygens (including phenoxy) is 1. The lowest BCUT2D eigenvalue weighted by molar-refractivity contribution is 0.112. The van der Waals surface area contributed by atoms with Gasteiger partial charge >= 0.3 is 0 Å². The van der Waals surface area contributed by atoms with Crippen LogP contribution in [0.4, 0.5) is 0 Å². The van der Waals surface area contributed by atoms with Gasteiger partial charge in [-0.05, 0) is 30.7 Å². The Morgan fingerprint density at radius 2 is 2.15 bits per heavy atom. The van der Waals surface area contributed by atoms with Gasteiger partial charge in [0.1, 0.15) is 5.75 Å². The van der Waals surface area contributed by atoms with Crippen molar-refractivity contribution in [1.29, 1.82) is 0 Å². The SMILES string of the molecule is COc1ccc2ncc(C=O)c(-n3cc(C)cn3)c2c1. The molecular weight excluding hydrogens is 254 g/mol. The number of hydrogen-bond acceptors (Lipinski definition) is 4. The molecule has 0 radical (unpaired) electrons. The molecule has 0 N–H and O–H groups in total. The van der Waals surface area contributed by atoms with Crippen molar-refractivity contribution in [2.45, 2.75) is 6.92 Å². The highest BCUT2D eigenvalue weighted by molar-refractivity contribution is 5.96. The standard InChI is InChI=1S/C15H13N3O2/c1-10-6-17-18(8-10)15-11(9-19)7-16-14-4-3-12(20-2)5-13(14)15/h3-9H,1-2H3. The third-order valence-electron chi connectivity index (χ3n) is 3.14. The van der Waals surface area contributed by atoms with Gasteiger partial charge in [-0.1, -0.05) is 0 Å². The first kappa shape index (κ1) is 12.3. The van der Waals surface area contributed by atoms with Crippen molar-refractivity contribution in [3.63, 3.8) is 0 Å². The number of aromatic nitrogens is 3. The van der Waals surface area contributed by atoms with E-state index in [2.05, 4.69) is 10.1 Å². The molecule has 0 aliphatic carbocycles. The summed E-state index contributed by atoms with van der Waals surface area (Å²) < 4.78 is 6.94. The summed E-state index contributed by atoms with van der Waals surface area (Å²) in [7, 11) is 1.61. The highest BCUT2D eigenvalue weighted by atomic mass is 16.5. The summed E-state index contributed by atoms with van der Waals surface area (Å²) in [6.45, 7) is 1.95. The Morgan fingerprint density at radius 1 is 1.30 bits per heavy atom. The van der Waals surface area contributed by atoms with Crippen molar-refractivity contribution in [3.8, 4) is 11.4 Å². The van der Waals surface area contributed by atoms with Crippen molar-refractivity contribution < 1.29 is 9.53 Å². The molecule has 0 unspecified atom stereocenters. The molecule has 0 spiro atoms. The monoisotopic (exact) mass is 267 g/mol. The second-order valence-corrected chi connectivity index (χ2v) is 4.53. The van der Waals surface area contributed by atoms with E-state index in [4.69, 9.17) is 4.74 Å². The van der Waals surface area contributed by atoms with Gasteiger partial charge in [-0.3, -0.25) is 9.78 Å². The van der Waals surface area contributed by atoms with Crippen LogP contribution in [0, 0.1) is 6.92 Å². The van der Waals surface area contributed by atoms with Gasteiger partial charge in [0.15, 0.2) is 6.29 Å². The molecular formula is C15H13N3O2. The van der Waals surface area contributed by atoms with Crippen LogP contribution in [0.25, 0.3) is 16.6 Å². The summed E-state index contributed by atoms with van der Waals surface area (Å²) in [5, 5.41) is 5.12. The Bertz CT molecular complexity index is 793. The highest BCUT2D eigenvalue weighted by Crippen LogP contribution is 2.27. The third kappa shape index (κ3) is 1.93. The van der Waals surface area contributed by atoms with E-state index in [1.807, 2.05) is 31.3 Å². The number of fused-ring (bicyclic) bond motifs is 1. The van der Waals surface area contributed by atoms with Crippen LogP contribution in [0.15, 0.2) is 36.8 Å². The van der Waals surface area contributed by atoms with Crippen molar-refractivity contribution in [2.24, 2.45) is 0 Å². The van der Waals surface area contributed by atoms with Crippen LogP contribution in [-0.4, -0.2) is 28.2 Å². The van der Waals surface area contributed by atoms with E-state index in [1.54, 1.807) is 24.2 Å². The number of aldehydes is 1. The molecule has 2 aromatic heterocycles. The van der Waals surface area contributed by atoms with E-state index in [9.17, 15) is 4.79 Å². The van der Waals surface area contributed by atoms with Crippen LogP contribution < -0.4 is 4.74 Å². The molecule has 100 valence electrons. The number of carbonyl (C=O) groups is 1. The van der Waals surface area contributed by atoms with E-state index < -0.39 is 0 Å². The number of benzene rings is 1. The molecule has 0 aliphatic rings. The minimum atomic E-state index is 0.494. The van der Waals surface area contributed by atoms with E-state index in [0.717, 1.165) is 28.4 Å². The molecule has 2 heterocycles. The maximum absolute atomic E-state index is 11.3. The summed E-state index contributed by atoms with van der Waals surface area (Å²) in [5.74, 6) is 0.715. The average Bonchev–Trinajstić information content (AvgIpc) is 2.91. The molecule has 1 aromatic carbocycles. The third-order valence-corrected chi connectivity index (χ3v) is 3.14. The molecule has 0 saturated heterocycles. The maximum atomic E-state index is 11.3. The minimum Gasteiger partial charge on any atom is -0.497 e. The van der Waals surface area contributed by atoms with E-state index in [-0.39, 0.29) is 0 Å². The van der Waals surface area contributed by atoms with E-state index in [0.29, 0.717) is 11.3 Å². The second kappa shape index (κ2) is 4.77. The van der Waals surface area contributed by atoms with Gasteiger partial charge in [0.25, 0.3) is 0 Å². The van der Waals surface area contributed by atoms with Crippen molar-refractivity contribution >= 4 is 17.2 Å². The molecule has 0 bridgehead atoms. The number of rotatable bonds is 3. The Morgan fingerprint density at radius 3 is 2.80 bits per heavy atom. The summed E-state index contributed by atoms with van der Waals surface area (Å²) in [5.41, 5.74) is 3.03. The normalized spacial score (nSPS) is 10.7. The number of nitrogens with zero attached hydrogens (tertiary/aromatic N) is 3. The largest absolute Gasteiger partial charge is 0.497 e. The highest BCUT2D eigenvalue weighted by Gasteiger charge is 2.12. The van der Waals surface area contributed by atoms with E-state index in [1.165, 1.54) is 0 Å². The van der Waals surface area contributed by atoms with Crippen molar-refractivity contribution in [1.82, 2.24) is 14.8 Å². The molecule has 20 heavy (non-hydrogen) atoms. The number of aryl methyl sites for hydroxylation is 1. The van der Waals surface area contributed by atoms with Crippen LogP contribution in [0.1, 0.15) is 15.9 Å². The van der Waals surface area contributed by atoms with Gasteiger partial charge in [-0.15, -0.1) is 0 Å². The van der Waals surface area contributed by atoms with Gasteiger partial charge < -0.3 is 4.74 Å². The zero-order chi connectivity index (χ0) is 14.1. The number of carbonyl (C=O) groups excluding carboxylic acids is 1. The van der Waals surface area contributed by atoms with Gasteiger partial charge in [-0.25, -0.2) is 4.68 Å². The predicted octanol–water partition coefficient (Wildman–Crippen LogP) is 2.55. The van der Waals surface area contributed by atoms with E-state index >= 15 is 0 Å². The molecule has 5 heteroatoms. The Labute approximate surface area is 115 Å². The Balaban J connectivity index is 2.38. The summed E-state index contributed by atoms with van der Waals surface area (Å²) in [6.07, 6.45) is 5.98. The fourth-order valence-corrected chi connectivity index (χ4v) is 2.18. The molecule has 0 aliphatic heterocycles. The Kier molecular flexibility index (Phi) is 2.95. The smallest absolute Gasteiger partial charge is 0.153 e. The quantitative estimate of drug-likeness (QED) is 0.684. The van der Waals surface area contributed by atoms with Gasteiger partial charge in [0.2, 0.25) is 0 Å². The number of pyridine rings is 1. The molecule has 5 nitrogen and oxygen atoms in total. The first-order valence-electron chi connectivity index (χ1n) is 6.16. The van der Waals surface area contributed by atoms with Crippen LogP contribution in [0.2, 0.25) is 0 Å². The lowest BCUT2D eigenvalue weighted by Crippen LogP contribution is -2.02. The summed E-state index contributed by atoms with van der Waals surface area (Å²) in [6, 6.07) is 5.57. The zero-order valence-electron chi connectivity index (χ0n) is 11.2. The number of hydrogen-bond donors (Lipinski definition) is 0. The molecule has 3 aromatic rings. The van der Waals surface area contributed by atoms with Crippen LogP contribution >= 0.6 is 0 Å². The fourth-order valence-electron chi connectivity index (χ4n) is 2.18. The first-order valence-corrected chi connectivity index (χ1v) is 6.16. The predicted molar refractivity (Wildman–Crippen MR) is 75.5 cm³/mol. The second-order valence-electron chi connectivity index (χ2n) is 4.53. The fraction of sp³-hybridized carbons (Fsp3) is 0.133. The van der Waals surface area contributed by atoms with Gasteiger partial charge in [0, 0.05) is 17.8 Å². The molecule has 0 saturated carbocycles. The topological polar surface area (TPSA) is 57.0 Å². The average molecular weight is 267 g/mol. The molecule has 0 atom stereocenters. The lowest BCUT2D eigenvalue weighted by Gasteiger charge is -2.10. The lowest BCUT2D eigenvalue weighted by atomic mass is 10.1. The van der Waals surface area contributed by atoms with Crippen LogP contribution in [0.5, 0.6) is 5.75 Å². The Hall–Kier alpha value is -2.69. The zero-order valence-corrected chi connectivity index (χ0v) is 11.2. The molecule has 0 amide bonds.